The highest BCUT2D eigenvalue weighted by Crippen LogP contribution is 2.36. The number of piperidine rings is 1. The minimum atomic E-state index is 0.00929. The van der Waals surface area contributed by atoms with Gasteiger partial charge in [0.25, 0.3) is 0 Å². The molecule has 0 atom stereocenters. The molecule has 2 aliphatic heterocycles. The molecule has 1 aliphatic carbocycles. The SMILES string of the molecule is CCNC1CCN(c2ccc(-c3c4oc5ccccc5nc-4c(C)c(C)c3=O)cc2)CC1. The molecule has 0 spiro atoms. The van der Waals surface area contributed by atoms with E-state index in [0.29, 0.717) is 22.9 Å². The van der Waals surface area contributed by atoms with Crippen molar-refractivity contribution in [1.29, 1.82) is 0 Å². The van der Waals surface area contributed by atoms with Crippen molar-refractivity contribution in [3.05, 3.63) is 69.9 Å². The second kappa shape index (κ2) is 8.40. The van der Waals surface area contributed by atoms with Crippen molar-refractivity contribution < 1.29 is 4.42 Å². The van der Waals surface area contributed by atoms with E-state index in [-0.39, 0.29) is 5.43 Å². The molecule has 2 aromatic carbocycles. The Morgan fingerprint density at radius 1 is 1.03 bits per heavy atom. The Bertz CT molecular complexity index is 1280. The molecule has 0 saturated carbocycles. The average molecular weight is 428 g/mol. The van der Waals surface area contributed by atoms with Gasteiger partial charge in [0.2, 0.25) is 0 Å². The van der Waals surface area contributed by atoms with Crippen molar-refractivity contribution in [3.63, 3.8) is 0 Å². The first-order valence-corrected chi connectivity index (χ1v) is 11.5. The van der Waals surface area contributed by atoms with Gasteiger partial charge in [0.1, 0.15) is 11.2 Å². The maximum Gasteiger partial charge on any atom is 0.193 e. The fourth-order valence-electron chi connectivity index (χ4n) is 4.76. The van der Waals surface area contributed by atoms with Gasteiger partial charge in [-0.3, -0.25) is 4.79 Å². The number of nitrogens with zero attached hydrogens (tertiary/aromatic N) is 2. The highest BCUT2D eigenvalue weighted by Gasteiger charge is 2.24. The molecule has 0 bridgehead atoms. The lowest BCUT2D eigenvalue weighted by molar-refractivity contribution is 0.424. The second-order valence-electron chi connectivity index (χ2n) is 8.68. The molecule has 0 unspecified atom stereocenters. The molecule has 0 radical (unpaired) electrons. The normalized spacial score (nSPS) is 15.0. The van der Waals surface area contributed by atoms with Crippen LogP contribution in [0.3, 0.4) is 0 Å². The van der Waals surface area contributed by atoms with E-state index in [1.165, 1.54) is 5.69 Å². The van der Waals surface area contributed by atoms with E-state index in [0.717, 1.165) is 60.4 Å². The number of benzene rings is 3. The van der Waals surface area contributed by atoms with Crippen LogP contribution in [0, 0.1) is 13.8 Å². The van der Waals surface area contributed by atoms with Crippen LogP contribution in [-0.4, -0.2) is 30.7 Å². The summed E-state index contributed by atoms with van der Waals surface area (Å²) >= 11 is 0. The lowest BCUT2D eigenvalue weighted by atomic mass is 9.93. The van der Waals surface area contributed by atoms with Gasteiger partial charge in [-0.2, -0.15) is 0 Å². The minimum Gasteiger partial charge on any atom is -0.452 e. The molecule has 0 amide bonds. The summed E-state index contributed by atoms with van der Waals surface area (Å²) in [5, 5.41) is 3.56. The Kier molecular flexibility index (Phi) is 5.43. The van der Waals surface area contributed by atoms with Crippen molar-refractivity contribution in [2.75, 3.05) is 24.5 Å². The Balaban J connectivity index is 1.55. The highest BCUT2D eigenvalue weighted by molar-refractivity contribution is 5.86. The number of aromatic nitrogens is 1. The molecule has 0 aromatic heterocycles. The largest absolute Gasteiger partial charge is 0.452 e. The predicted molar refractivity (Wildman–Crippen MR) is 131 cm³/mol. The topological polar surface area (TPSA) is 58.4 Å². The van der Waals surface area contributed by atoms with Crippen LogP contribution in [0.5, 0.6) is 0 Å². The van der Waals surface area contributed by atoms with Crippen LogP contribution < -0.4 is 15.6 Å². The van der Waals surface area contributed by atoms with Crippen molar-refractivity contribution in [3.8, 4) is 22.6 Å². The van der Waals surface area contributed by atoms with Crippen LogP contribution in [0.4, 0.5) is 5.69 Å². The number of hydrogen-bond acceptors (Lipinski definition) is 5. The van der Waals surface area contributed by atoms with Crippen molar-refractivity contribution in [1.82, 2.24) is 10.3 Å². The van der Waals surface area contributed by atoms with Crippen LogP contribution in [0.2, 0.25) is 0 Å². The summed E-state index contributed by atoms with van der Waals surface area (Å²) < 4.78 is 6.25. The summed E-state index contributed by atoms with van der Waals surface area (Å²) in [5.41, 5.74) is 6.51. The van der Waals surface area contributed by atoms with Gasteiger partial charge in [-0.25, -0.2) is 4.98 Å². The summed E-state index contributed by atoms with van der Waals surface area (Å²) in [6.45, 7) is 9.09. The quantitative estimate of drug-likeness (QED) is 0.456. The molecule has 3 aliphatic rings. The van der Waals surface area contributed by atoms with Gasteiger partial charge in [-0.05, 0) is 68.6 Å². The molecule has 1 fully saturated rings. The fourth-order valence-corrected chi connectivity index (χ4v) is 4.76. The molecule has 2 aromatic rings. The Labute approximate surface area is 188 Å². The van der Waals surface area contributed by atoms with E-state index in [4.69, 9.17) is 9.40 Å². The van der Waals surface area contributed by atoms with E-state index < -0.39 is 0 Å². The lowest BCUT2D eigenvalue weighted by Crippen LogP contribution is -2.42. The maximum atomic E-state index is 13.3. The number of rotatable bonds is 4. The van der Waals surface area contributed by atoms with Crippen LogP contribution in [0.15, 0.2) is 57.7 Å². The summed E-state index contributed by atoms with van der Waals surface area (Å²) in [6.07, 6.45) is 2.30. The zero-order valence-electron chi connectivity index (χ0n) is 18.9. The highest BCUT2D eigenvalue weighted by atomic mass is 16.3. The van der Waals surface area contributed by atoms with E-state index >= 15 is 0 Å². The third-order valence-corrected chi connectivity index (χ3v) is 6.75. The minimum absolute atomic E-state index is 0.00929. The molecule has 5 nitrogen and oxygen atoms in total. The Hall–Kier alpha value is -3.18. The smallest absolute Gasteiger partial charge is 0.193 e. The van der Waals surface area contributed by atoms with E-state index in [9.17, 15) is 4.79 Å². The monoisotopic (exact) mass is 427 g/mol. The predicted octanol–water partition coefficient (Wildman–Crippen LogP) is 5.15. The van der Waals surface area contributed by atoms with Gasteiger partial charge >= 0.3 is 0 Å². The Morgan fingerprint density at radius 2 is 1.75 bits per heavy atom. The molecular formula is C27H29N3O2. The molecule has 164 valence electrons. The zero-order valence-corrected chi connectivity index (χ0v) is 18.9. The van der Waals surface area contributed by atoms with Gasteiger partial charge in [-0.1, -0.05) is 31.2 Å². The fraction of sp³-hybridized carbons (Fsp3) is 0.333. The molecule has 5 heteroatoms. The van der Waals surface area contributed by atoms with Crippen LogP contribution >= 0.6 is 0 Å². The average Bonchev–Trinajstić information content (AvgIpc) is 2.83. The first-order valence-electron chi connectivity index (χ1n) is 11.5. The van der Waals surface area contributed by atoms with Gasteiger partial charge in [0.15, 0.2) is 16.8 Å². The maximum absolute atomic E-state index is 13.3. The van der Waals surface area contributed by atoms with Gasteiger partial charge in [0, 0.05) is 30.4 Å². The number of fused-ring (bicyclic) bond motifs is 2. The molecule has 5 rings (SSSR count). The molecular weight excluding hydrogens is 398 g/mol. The van der Waals surface area contributed by atoms with Gasteiger partial charge in [-0.15, -0.1) is 0 Å². The van der Waals surface area contributed by atoms with Crippen molar-refractivity contribution >= 4 is 16.8 Å². The standard InChI is InChI=1S/C27H29N3O2/c1-4-28-20-13-15-30(16-14-20)21-11-9-19(10-12-21)24-26(31)18(3)17(2)25-27(24)32-23-8-6-5-7-22(23)29-25/h5-12,20,28H,4,13-16H2,1-3H3. The zero-order chi connectivity index (χ0) is 22.2. The molecule has 32 heavy (non-hydrogen) atoms. The number of nitrogens with one attached hydrogen (secondary N) is 1. The summed E-state index contributed by atoms with van der Waals surface area (Å²) in [6, 6.07) is 16.6. The summed E-state index contributed by atoms with van der Waals surface area (Å²) in [5.74, 6) is 0.566. The molecule has 2 heterocycles. The third-order valence-electron chi connectivity index (χ3n) is 6.75. The van der Waals surface area contributed by atoms with E-state index in [1.54, 1.807) is 0 Å². The third kappa shape index (κ3) is 3.56. The molecule has 1 N–H and O–H groups in total. The number of anilines is 1. The van der Waals surface area contributed by atoms with Gasteiger partial charge in [0.05, 0.1) is 5.56 Å². The van der Waals surface area contributed by atoms with Crippen LogP contribution in [-0.2, 0) is 0 Å². The first kappa shape index (κ1) is 20.7. The van der Waals surface area contributed by atoms with E-state index in [1.807, 2.05) is 50.2 Å². The van der Waals surface area contributed by atoms with Crippen LogP contribution in [0.1, 0.15) is 30.9 Å². The Morgan fingerprint density at radius 3 is 2.47 bits per heavy atom. The van der Waals surface area contributed by atoms with Crippen molar-refractivity contribution in [2.24, 2.45) is 0 Å². The lowest BCUT2D eigenvalue weighted by Gasteiger charge is -2.34. The summed E-state index contributed by atoms with van der Waals surface area (Å²) in [7, 11) is 0. The second-order valence-corrected chi connectivity index (χ2v) is 8.68. The van der Waals surface area contributed by atoms with E-state index in [2.05, 4.69) is 29.3 Å². The van der Waals surface area contributed by atoms with Crippen molar-refractivity contribution in [2.45, 2.75) is 39.7 Å². The first-order chi connectivity index (χ1) is 15.6. The molecule has 1 saturated heterocycles. The summed E-state index contributed by atoms with van der Waals surface area (Å²) in [4.78, 5) is 20.6. The van der Waals surface area contributed by atoms with Crippen LogP contribution in [0.25, 0.3) is 33.7 Å². The number of para-hydroxylation sites is 2. The number of hydrogen-bond donors (Lipinski definition) is 1. The van der Waals surface area contributed by atoms with Gasteiger partial charge < -0.3 is 14.6 Å².